The lowest BCUT2D eigenvalue weighted by Crippen LogP contribution is -2.24. The predicted octanol–water partition coefficient (Wildman–Crippen LogP) is 5.57. The molecule has 0 unspecified atom stereocenters. The van der Waals surface area contributed by atoms with E-state index in [2.05, 4.69) is 86.2 Å². The summed E-state index contributed by atoms with van der Waals surface area (Å²) < 4.78 is 0. The van der Waals surface area contributed by atoms with Crippen LogP contribution in [0.1, 0.15) is 50.5 Å². The van der Waals surface area contributed by atoms with E-state index >= 15 is 0 Å². The fourth-order valence-electron chi connectivity index (χ4n) is 4.03. The number of fused-ring (bicyclic) bond motifs is 10. The molecule has 0 amide bonds. The number of nitrogens with zero attached hydrogens (tertiary/aromatic N) is 4. The fraction of sp³-hybridized carbons (Fsp3) is 0.231. The molecule has 8 bridgehead atoms. The first-order chi connectivity index (χ1) is 14.4. The van der Waals surface area contributed by atoms with E-state index in [-0.39, 0.29) is 10.8 Å². The van der Waals surface area contributed by atoms with Crippen molar-refractivity contribution in [3.05, 3.63) is 95.8 Å². The lowest BCUT2D eigenvalue weighted by atomic mass is 9.81. The highest BCUT2D eigenvalue weighted by atomic mass is 14.9. The molecule has 0 radical (unpaired) electrons. The third-order valence-corrected chi connectivity index (χ3v) is 6.19. The molecule has 5 rings (SSSR count). The third kappa shape index (κ3) is 2.91. The van der Waals surface area contributed by atoms with Crippen molar-refractivity contribution in [2.24, 2.45) is 0 Å². The van der Waals surface area contributed by atoms with Gasteiger partial charge in [-0.3, -0.25) is 0 Å². The highest BCUT2D eigenvalue weighted by Crippen LogP contribution is 2.36. The van der Waals surface area contributed by atoms with Crippen molar-refractivity contribution in [2.45, 2.75) is 38.5 Å². The lowest BCUT2D eigenvalue weighted by Gasteiger charge is -2.27. The Bertz CT molecular complexity index is 1060. The van der Waals surface area contributed by atoms with Crippen LogP contribution in [0, 0.1) is 0 Å². The predicted molar refractivity (Wildman–Crippen MR) is 119 cm³/mol. The minimum absolute atomic E-state index is 0.344. The van der Waals surface area contributed by atoms with E-state index in [0.29, 0.717) is 0 Å². The van der Waals surface area contributed by atoms with E-state index in [1.165, 1.54) is 0 Å². The molecule has 1 aliphatic heterocycles. The molecular weight excluding hydrogens is 368 g/mol. The number of rotatable bonds is 0. The Kier molecular flexibility index (Phi) is 4.07. The van der Waals surface area contributed by atoms with Gasteiger partial charge in [-0.2, -0.15) is 0 Å². The van der Waals surface area contributed by atoms with E-state index in [0.717, 1.165) is 45.3 Å². The van der Waals surface area contributed by atoms with Crippen LogP contribution in [0.15, 0.2) is 73.1 Å². The van der Waals surface area contributed by atoms with Gasteiger partial charge in [0.1, 0.15) is 11.6 Å². The fourth-order valence-corrected chi connectivity index (χ4v) is 4.03. The van der Waals surface area contributed by atoms with Crippen LogP contribution in [0.25, 0.3) is 22.5 Å². The summed E-state index contributed by atoms with van der Waals surface area (Å²) in [6.07, 6.45) is 3.72. The van der Waals surface area contributed by atoms with Crippen LogP contribution in [0.5, 0.6) is 0 Å². The molecule has 30 heavy (non-hydrogen) atoms. The van der Waals surface area contributed by atoms with Gasteiger partial charge in [0.05, 0.1) is 11.4 Å². The molecule has 2 aromatic carbocycles. The first kappa shape index (κ1) is 18.6. The second-order valence-electron chi connectivity index (χ2n) is 8.94. The number of aromatic nitrogens is 4. The second-order valence-corrected chi connectivity index (χ2v) is 8.94. The third-order valence-electron chi connectivity index (χ3n) is 6.19. The molecule has 148 valence electrons. The summed E-state index contributed by atoms with van der Waals surface area (Å²) >= 11 is 0. The van der Waals surface area contributed by atoms with Crippen molar-refractivity contribution in [3.8, 4) is 22.5 Å². The standard InChI is InChI=1S/C26H24N4/c1-25(2)19-9-5-7-17(15-19)22-12-14-28-24(30-22)26(3,4)20-10-6-8-18(16-20)21-11-13-27-23(25)29-21/h5-16H,1-4H3. The molecule has 0 atom stereocenters. The van der Waals surface area contributed by atoms with Gasteiger partial charge >= 0.3 is 0 Å². The number of hydrogen-bond acceptors (Lipinski definition) is 4. The highest BCUT2D eigenvalue weighted by Gasteiger charge is 2.30. The van der Waals surface area contributed by atoms with Crippen LogP contribution >= 0.6 is 0 Å². The van der Waals surface area contributed by atoms with Gasteiger partial charge in [0.15, 0.2) is 0 Å². The Morgan fingerprint density at radius 2 is 1.00 bits per heavy atom. The Labute approximate surface area is 177 Å². The summed E-state index contributed by atoms with van der Waals surface area (Å²) in [6, 6.07) is 21.0. The smallest absolute Gasteiger partial charge is 0.138 e. The minimum Gasteiger partial charge on any atom is -0.240 e. The summed E-state index contributed by atoms with van der Waals surface area (Å²) in [7, 11) is 0. The highest BCUT2D eigenvalue weighted by molar-refractivity contribution is 5.63. The van der Waals surface area contributed by atoms with Gasteiger partial charge in [-0.05, 0) is 63.1 Å². The van der Waals surface area contributed by atoms with Gasteiger partial charge in [-0.1, -0.05) is 36.4 Å². The molecule has 0 aliphatic carbocycles. The molecule has 0 spiro atoms. The molecular formula is C26H24N4. The summed E-state index contributed by atoms with van der Waals surface area (Å²) in [4.78, 5) is 19.2. The summed E-state index contributed by atoms with van der Waals surface area (Å²) in [6.45, 7) is 8.67. The zero-order valence-corrected chi connectivity index (χ0v) is 17.7. The molecule has 0 saturated carbocycles. The number of hydrogen-bond donors (Lipinski definition) is 0. The molecule has 2 aromatic heterocycles. The van der Waals surface area contributed by atoms with Gasteiger partial charge in [0, 0.05) is 34.4 Å². The van der Waals surface area contributed by atoms with Gasteiger partial charge in [-0.15, -0.1) is 0 Å². The van der Waals surface area contributed by atoms with Gasteiger partial charge in [-0.25, -0.2) is 19.9 Å². The van der Waals surface area contributed by atoms with Crippen LogP contribution in [-0.4, -0.2) is 19.9 Å². The molecule has 1 aliphatic rings. The molecule has 4 heteroatoms. The van der Waals surface area contributed by atoms with Crippen molar-refractivity contribution >= 4 is 0 Å². The SMILES string of the molecule is CC1(C)c2cccc(c2)-c2ccnc(n2)C(C)(C)c2cccc(c2)-c2ccnc1n2. The van der Waals surface area contributed by atoms with Crippen LogP contribution < -0.4 is 0 Å². The Morgan fingerprint density at radius 3 is 1.43 bits per heavy atom. The average molecular weight is 393 g/mol. The molecule has 0 fully saturated rings. The van der Waals surface area contributed by atoms with E-state index in [1.807, 2.05) is 24.5 Å². The minimum atomic E-state index is -0.344. The maximum Gasteiger partial charge on any atom is 0.138 e. The number of benzene rings is 2. The largest absolute Gasteiger partial charge is 0.240 e. The Hall–Kier alpha value is -3.40. The van der Waals surface area contributed by atoms with E-state index in [9.17, 15) is 0 Å². The molecule has 4 aromatic rings. The lowest BCUT2D eigenvalue weighted by molar-refractivity contribution is 0.587. The van der Waals surface area contributed by atoms with E-state index in [1.54, 1.807) is 0 Å². The van der Waals surface area contributed by atoms with Crippen LogP contribution in [0.4, 0.5) is 0 Å². The van der Waals surface area contributed by atoms with Gasteiger partial charge < -0.3 is 0 Å². The van der Waals surface area contributed by atoms with E-state index in [4.69, 9.17) is 9.97 Å². The van der Waals surface area contributed by atoms with Crippen molar-refractivity contribution < 1.29 is 0 Å². The topological polar surface area (TPSA) is 51.6 Å². The average Bonchev–Trinajstić information content (AvgIpc) is 2.79. The van der Waals surface area contributed by atoms with Crippen LogP contribution in [0.2, 0.25) is 0 Å². The second kappa shape index (κ2) is 6.56. The first-order valence-corrected chi connectivity index (χ1v) is 10.2. The molecule has 3 heterocycles. The maximum absolute atomic E-state index is 4.97. The maximum atomic E-state index is 4.97. The zero-order chi connectivity index (χ0) is 20.9. The van der Waals surface area contributed by atoms with Crippen molar-refractivity contribution in [1.82, 2.24) is 19.9 Å². The van der Waals surface area contributed by atoms with Crippen molar-refractivity contribution in [1.29, 1.82) is 0 Å². The normalized spacial score (nSPS) is 15.9. The summed E-state index contributed by atoms with van der Waals surface area (Å²) in [5.74, 6) is 1.62. The van der Waals surface area contributed by atoms with Crippen LogP contribution in [-0.2, 0) is 10.8 Å². The summed E-state index contributed by atoms with van der Waals surface area (Å²) in [5.41, 5.74) is 5.61. The Balaban J connectivity index is 1.85. The quantitative estimate of drug-likeness (QED) is 0.393. The van der Waals surface area contributed by atoms with Crippen LogP contribution in [0.3, 0.4) is 0 Å². The molecule has 4 nitrogen and oxygen atoms in total. The van der Waals surface area contributed by atoms with Gasteiger partial charge in [0.25, 0.3) is 0 Å². The Morgan fingerprint density at radius 1 is 0.567 bits per heavy atom. The zero-order valence-electron chi connectivity index (χ0n) is 17.7. The summed E-state index contributed by atoms with van der Waals surface area (Å²) in [5, 5.41) is 0. The monoisotopic (exact) mass is 392 g/mol. The van der Waals surface area contributed by atoms with Crippen molar-refractivity contribution in [2.75, 3.05) is 0 Å². The van der Waals surface area contributed by atoms with Crippen molar-refractivity contribution in [3.63, 3.8) is 0 Å². The molecule has 0 saturated heterocycles. The first-order valence-electron chi connectivity index (χ1n) is 10.2. The van der Waals surface area contributed by atoms with Gasteiger partial charge in [0.2, 0.25) is 0 Å². The molecule has 0 N–H and O–H groups in total. The van der Waals surface area contributed by atoms with E-state index < -0.39 is 0 Å².